The van der Waals surface area contributed by atoms with E-state index in [0.29, 0.717) is 18.4 Å². The van der Waals surface area contributed by atoms with Crippen molar-refractivity contribution >= 4 is 5.97 Å². The molecule has 3 rings (SSSR count). The van der Waals surface area contributed by atoms with E-state index in [2.05, 4.69) is 0 Å². The fraction of sp³-hybridized carbons (Fsp3) is 0.533. The van der Waals surface area contributed by atoms with Gasteiger partial charge < -0.3 is 4.74 Å². The van der Waals surface area contributed by atoms with Crippen LogP contribution in [0, 0.1) is 4.91 Å². The number of carbonyl (C=O) groups excluding carboxylic acids is 1. The van der Waals surface area contributed by atoms with Crippen molar-refractivity contribution in [2.24, 2.45) is 0 Å². The maximum Gasteiger partial charge on any atom is 0.338 e. The number of hydrogen-bond acceptors (Lipinski definition) is 3. The summed E-state index contributed by atoms with van der Waals surface area (Å²) in [7, 11) is 0. The summed E-state index contributed by atoms with van der Waals surface area (Å²) >= 11 is 0. The van der Waals surface area contributed by atoms with Crippen molar-refractivity contribution in [2.45, 2.75) is 50.3 Å². The van der Waals surface area contributed by atoms with Crippen molar-refractivity contribution in [3.05, 3.63) is 40.8 Å². The molecular formula is C15H18NO3+. The first-order valence-corrected chi connectivity index (χ1v) is 6.95. The number of ether oxygens (including phenoxy) is 1. The zero-order valence-electron chi connectivity index (χ0n) is 10.8. The van der Waals surface area contributed by atoms with E-state index >= 15 is 0 Å². The number of esters is 1. The van der Waals surface area contributed by atoms with Crippen LogP contribution in [0.2, 0.25) is 0 Å². The van der Waals surface area contributed by atoms with Gasteiger partial charge in [-0.1, -0.05) is 18.2 Å². The van der Waals surface area contributed by atoms with Crippen LogP contribution in [-0.4, -0.2) is 28.9 Å². The van der Waals surface area contributed by atoms with Gasteiger partial charge in [0, 0.05) is 22.5 Å². The lowest BCUT2D eigenvalue weighted by Gasteiger charge is -2.31. The molecule has 0 aromatic heterocycles. The van der Waals surface area contributed by atoms with Crippen molar-refractivity contribution in [1.82, 2.24) is 0 Å². The van der Waals surface area contributed by atoms with Crippen LogP contribution in [0.15, 0.2) is 30.3 Å². The average Bonchev–Trinajstić information content (AvgIpc) is 2.41. The van der Waals surface area contributed by atoms with E-state index in [4.69, 9.17) is 4.74 Å². The molecule has 0 amide bonds. The number of nitroso groups, excluding NO2 is 1. The van der Waals surface area contributed by atoms with Gasteiger partial charge in [0.15, 0.2) is 0 Å². The second-order valence-corrected chi connectivity index (χ2v) is 5.46. The number of benzene rings is 1. The topological polar surface area (TPSA) is 46.4 Å². The fourth-order valence-electron chi connectivity index (χ4n) is 3.18. The van der Waals surface area contributed by atoms with E-state index in [1.165, 1.54) is 4.76 Å². The highest BCUT2D eigenvalue weighted by molar-refractivity contribution is 5.89. The van der Waals surface area contributed by atoms with Crippen LogP contribution in [0.5, 0.6) is 0 Å². The summed E-state index contributed by atoms with van der Waals surface area (Å²) in [4.78, 5) is 23.9. The molecule has 4 heteroatoms. The van der Waals surface area contributed by atoms with Gasteiger partial charge in [-0.15, -0.1) is 0 Å². The van der Waals surface area contributed by atoms with Crippen molar-refractivity contribution in [3.63, 3.8) is 0 Å². The van der Waals surface area contributed by atoms with Crippen LogP contribution in [0.1, 0.15) is 42.5 Å². The predicted octanol–water partition coefficient (Wildman–Crippen LogP) is 2.71. The molecule has 2 saturated heterocycles. The molecule has 2 unspecified atom stereocenters. The van der Waals surface area contributed by atoms with E-state index < -0.39 is 0 Å². The molecule has 0 spiro atoms. The molecule has 2 aliphatic rings. The molecule has 2 heterocycles. The van der Waals surface area contributed by atoms with Crippen LogP contribution in [0.25, 0.3) is 0 Å². The summed E-state index contributed by atoms with van der Waals surface area (Å²) < 4.78 is 6.79. The Kier molecular flexibility index (Phi) is 3.32. The second-order valence-electron chi connectivity index (χ2n) is 5.46. The van der Waals surface area contributed by atoms with E-state index in [9.17, 15) is 9.70 Å². The molecule has 2 fully saturated rings. The maximum atomic E-state index is 12.0. The average molecular weight is 260 g/mol. The Hall–Kier alpha value is -1.71. The number of rotatable bonds is 2. The molecule has 1 aromatic carbocycles. The molecule has 0 aliphatic carbocycles. The van der Waals surface area contributed by atoms with Gasteiger partial charge in [-0.3, -0.25) is 0 Å². The third-order valence-electron chi connectivity index (χ3n) is 4.15. The van der Waals surface area contributed by atoms with Crippen molar-refractivity contribution < 1.29 is 14.3 Å². The maximum absolute atomic E-state index is 12.0. The Bertz CT molecular complexity index is 469. The SMILES string of the molecule is O=C(OC1CC2CCCC(C1)[N+]2=O)c1ccccc1. The van der Waals surface area contributed by atoms with Gasteiger partial charge >= 0.3 is 5.97 Å². The number of fused-ring (bicyclic) bond motifs is 2. The number of hydrogen-bond donors (Lipinski definition) is 0. The quantitative estimate of drug-likeness (QED) is 0.606. The molecule has 0 N–H and O–H groups in total. The second kappa shape index (κ2) is 5.11. The highest BCUT2D eigenvalue weighted by Gasteiger charge is 2.46. The number of carbonyl (C=O) groups is 1. The van der Waals surface area contributed by atoms with Crippen molar-refractivity contribution in [1.29, 1.82) is 0 Å². The molecule has 2 atom stereocenters. The summed E-state index contributed by atoms with van der Waals surface area (Å²) in [5, 5.41) is 0. The standard InChI is InChI=1S/C15H18NO3/c17-15(11-5-2-1-3-6-11)19-14-9-12-7-4-8-13(10-14)16(12)18/h1-3,5-6,12-14H,4,7-10H2/q+1. The first-order chi connectivity index (χ1) is 9.24. The third-order valence-corrected chi connectivity index (χ3v) is 4.15. The normalized spacial score (nSPS) is 29.9. The minimum absolute atomic E-state index is 0.0427. The highest BCUT2D eigenvalue weighted by atomic mass is 16.5. The first kappa shape index (κ1) is 12.3. The molecule has 19 heavy (non-hydrogen) atoms. The van der Waals surface area contributed by atoms with Gasteiger partial charge in [0.25, 0.3) is 0 Å². The predicted molar refractivity (Wildman–Crippen MR) is 69.9 cm³/mol. The van der Waals surface area contributed by atoms with Crippen LogP contribution in [0.4, 0.5) is 0 Å². The smallest absolute Gasteiger partial charge is 0.338 e. The molecular weight excluding hydrogens is 242 g/mol. The van der Waals surface area contributed by atoms with E-state index in [1.807, 2.05) is 18.2 Å². The Labute approximate surface area is 112 Å². The summed E-state index contributed by atoms with van der Waals surface area (Å²) in [5.41, 5.74) is 0.581. The largest absolute Gasteiger partial charge is 0.458 e. The lowest BCUT2D eigenvalue weighted by atomic mass is 9.85. The van der Waals surface area contributed by atoms with E-state index in [1.54, 1.807) is 12.1 Å². The molecule has 2 bridgehead atoms. The van der Waals surface area contributed by atoms with Gasteiger partial charge in [0.05, 0.1) is 18.4 Å². The van der Waals surface area contributed by atoms with Crippen molar-refractivity contribution in [2.75, 3.05) is 0 Å². The summed E-state index contributed by atoms with van der Waals surface area (Å²) in [6.07, 6.45) is 4.23. The number of nitrogens with zero attached hydrogens (tertiary/aromatic N) is 1. The molecule has 0 radical (unpaired) electrons. The minimum atomic E-state index is -0.275. The highest BCUT2D eigenvalue weighted by Crippen LogP contribution is 2.32. The summed E-state index contributed by atoms with van der Waals surface area (Å²) in [6.45, 7) is 0. The zero-order valence-corrected chi connectivity index (χ0v) is 10.8. The van der Waals surface area contributed by atoms with Gasteiger partial charge in [-0.05, 0) is 18.6 Å². The lowest BCUT2D eigenvalue weighted by Crippen LogP contribution is -2.47. The molecule has 1 aromatic rings. The third kappa shape index (κ3) is 2.53. The van der Waals surface area contributed by atoms with Crippen LogP contribution in [-0.2, 0) is 4.74 Å². The summed E-state index contributed by atoms with van der Waals surface area (Å²) in [5.74, 6) is -0.275. The van der Waals surface area contributed by atoms with Gasteiger partial charge in [0.2, 0.25) is 12.1 Å². The van der Waals surface area contributed by atoms with Gasteiger partial charge in [0.1, 0.15) is 6.10 Å². The molecule has 0 saturated carbocycles. The Morgan fingerprint density at radius 1 is 1.11 bits per heavy atom. The summed E-state index contributed by atoms with van der Waals surface area (Å²) in [6, 6.07) is 9.12. The zero-order chi connectivity index (χ0) is 13.2. The van der Waals surface area contributed by atoms with Gasteiger partial charge in [-0.2, -0.15) is 0 Å². The van der Waals surface area contributed by atoms with Crippen LogP contribution >= 0.6 is 0 Å². The monoisotopic (exact) mass is 260 g/mol. The first-order valence-electron chi connectivity index (χ1n) is 6.95. The lowest BCUT2D eigenvalue weighted by molar-refractivity contribution is -0.644. The fourth-order valence-corrected chi connectivity index (χ4v) is 3.18. The Morgan fingerprint density at radius 3 is 2.37 bits per heavy atom. The van der Waals surface area contributed by atoms with Crippen molar-refractivity contribution in [3.8, 4) is 0 Å². The van der Waals surface area contributed by atoms with E-state index in [0.717, 1.165) is 19.3 Å². The molecule has 100 valence electrons. The molecule has 4 nitrogen and oxygen atoms in total. The van der Waals surface area contributed by atoms with E-state index in [-0.39, 0.29) is 24.2 Å². The Morgan fingerprint density at radius 2 is 1.74 bits per heavy atom. The van der Waals surface area contributed by atoms with Crippen LogP contribution < -0.4 is 0 Å². The van der Waals surface area contributed by atoms with Gasteiger partial charge in [-0.25, -0.2) is 4.79 Å². The molecule has 2 aliphatic heterocycles. The van der Waals surface area contributed by atoms with Crippen LogP contribution in [0.3, 0.4) is 0 Å². The number of piperidine rings is 2. The Balaban J connectivity index is 1.65. The minimum Gasteiger partial charge on any atom is -0.458 e.